The summed E-state index contributed by atoms with van der Waals surface area (Å²) in [7, 11) is 0. The molecule has 4 unspecified atom stereocenters. The van der Waals surface area contributed by atoms with Gasteiger partial charge in [-0.2, -0.15) is 13.2 Å². The molecule has 0 N–H and O–H groups in total. The van der Waals surface area contributed by atoms with E-state index in [4.69, 9.17) is 0 Å². The van der Waals surface area contributed by atoms with E-state index in [0.29, 0.717) is 6.42 Å². The van der Waals surface area contributed by atoms with Gasteiger partial charge in [0.05, 0.1) is 5.41 Å². The zero-order chi connectivity index (χ0) is 9.85. The molecule has 0 amide bonds. The molecule has 0 aliphatic heterocycles. The lowest BCUT2D eigenvalue weighted by Gasteiger charge is -2.38. The molecule has 0 saturated heterocycles. The largest absolute Gasteiger partial charge is 0.395 e. The molecule has 3 heteroatoms. The third-order valence-corrected chi connectivity index (χ3v) is 4.09. The highest BCUT2D eigenvalue weighted by Crippen LogP contribution is 2.62. The summed E-state index contributed by atoms with van der Waals surface area (Å²) in [5.41, 5.74) is -1.48. The van der Waals surface area contributed by atoms with Gasteiger partial charge < -0.3 is 0 Å². The fourth-order valence-electron chi connectivity index (χ4n) is 2.79. The molecule has 4 atom stereocenters. The number of allylic oxidation sites excluding steroid dienone is 2. The molecule has 2 aliphatic carbocycles. The Kier molecular flexibility index (Phi) is 1.62. The maximum absolute atomic E-state index is 12.8. The zero-order valence-electron chi connectivity index (χ0n) is 7.73. The van der Waals surface area contributed by atoms with E-state index in [-0.39, 0.29) is 17.8 Å². The van der Waals surface area contributed by atoms with Gasteiger partial charge in [-0.25, -0.2) is 0 Å². The Bertz CT molecular complexity index is 253. The van der Waals surface area contributed by atoms with Crippen molar-refractivity contribution in [1.82, 2.24) is 0 Å². The van der Waals surface area contributed by atoms with Gasteiger partial charge >= 0.3 is 6.18 Å². The van der Waals surface area contributed by atoms with Crippen LogP contribution in [0.1, 0.15) is 20.3 Å². The minimum Gasteiger partial charge on any atom is -0.170 e. The molecule has 0 radical (unpaired) electrons. The van der Waals surface area contributed by atoms with Crippen LogP contribution in [0.2, 0.25) is 0 Å². The van der Waals surface area contributed by atoms with Crippen LogP contribution in [0.5, 0.6) is 0 Å². The highest BCUT2D eigenvalue weighted by atomic mass is 19.4. The van der Waals surface area contributed by atoms with Crippen LogP contribution in [-0.4, -0.2) is 6.18 Å². The molecule has 1 saturated carbocycles. The molecule has 74 valence electrons. The van der Waals surface area contributed by atoms with Crippen molar-refractivity contribution in [1.29, 1.82) is 0 Å². The first-order chi connectivity index (χ1) is 5.87. The van der Waals surface area contributed by atoms with Crippen molar-refractivity contribution in [2.45, 2.75) is 26.4 Å². The molecular formula is C10H13F3. The lowest BCUT2D eigenvalue weighted by molar-refractivity contribution is -0.240. The van der Waals surface area contributed by atoms with Gasteiger partial charge in [-0.1, -0.05) is 26.0 Å². The van der Waals surface area contributed by atoms with Crippen LogP contribution in [0, 0.1) is 23.2 Å². The molecular weight excluding hydrogens is 177 g/mol. The summed E-state index contributed by atoms with van der Waals surface area (Å²) in [6.07, 6.45) is 0.328. The third-order valence-electron chi connectivity index (χ3n) is 4.09. The minimum atomic E-state index is -4.06. The number of fused-ring (bicyclic) bond motifs is 2. The molecule has 0 aromatic rings. The number of alkyl halides is 3. The molecule has 1 fully saturated rings. The topological polar surface area (TPSA) is 0 Å². The van der Waals surface area contributed by atoms with Crippen LogP contribution >= 0.6 is 0 Å². The second-order valence-corrected chi connectivity index (χ2v) is 4.46. The molecule has 2 aliphatic rings. The van der Waals surface area contributed by atoms with Crippen LogP contribution in [0.15, 0.2) is 12.2 Å². The van der Waals surface area contributed by atoms with Crippen LogP contribution < -0.4 is 0 Å². The first-order valence-corrected chi connectivity index (χ1v) is 4.62. The number of hydrogen-bond donors (Lipinski definition) is 0. The van der Waals surface area contributed by atoms with E-state index in [0.717, 1.165) is 0 Å². The first-order valence-electron chi connectivity index (χ1n) is 4.62. The monoisotopic (exact) mass is 190 g/mol. The van der Waals surface area contributed by atoms with Crippen molar-refractivity contribution < 1.29 is 13.2 Å². The molecule has 0 spiro atoms. The lowest BCUT2D eigenvalue weighted by atomic mass is 9.70. The van der Waals surface area contributed by atoms with Crippen LogP contribution in [0.4, 0.5) is 13.2 Å². The van der Waals surface area contributed by atoms with E-state index >= 15 is 0 Å². The van der Waals surface area contributed by atoms with Gasteiger partial charge in [-0.05, 0) is 24.2 Å². The van der Waals surface area contributed by atoms with Crippen molar-refractivity contribution in [2.24, 2.45) is 23.2 Å². The highest BCUT2D eigenvalue weighted by molar-refractivity contribution is 5.19. The van der Waals surface area contributed by atoms with Gasteiger partial charge in [0, 0.05) is 0 Å². The number of halogens is 3. The summed E-state index contributed by atoms with van der Waals surface area (Å²) in [4.78, 5) is 0. The van der Waals surface area contributed by atoms with Crippen molar-refractivity contribution in [3.05, 3.63) is 12.2 Å². The summed E-state index contributed by atoms with van der Waals surface area (Å²) < 4.78 is 38.5. The third kappa shape index (κ3) is 0.931. The Labute approximate surface area is 75.8 Å². The average molecular weight is 190 g/mol. The van der Waals surface area contributed by atoms with E-state index in [2.05, 4.69) is 0 Å². The van der Waals surface area contributed by atoms with Gasteiger partial charge in [0.1, 0.15) is 0 Å². The molecule has 2 bridgehead atoms. The normalized spacial score (nSPS) is 48.8. The molecule has 13 heavy (non-hydrogen) atoms. The van der Waals surface area contributed by atoms with Crippen molar-refractivity contribution in [3.8, 4) is 0 Å². The van der Waals surface area contributed by atoms with E-state index in [1.165, 1.54) is 6.92 Å². The quantitative estimate of drug-likeness (QED) is 0.513. The summed E-state index contributed by atoms with van der Waals surface area (Å²) >= 11 is 0. The van der Waals surface area contributed by atoms with Crippen LogP contribution in [-0.2, 0) is 0 Å². The number of hydrogen-bond acceptors (Lipinski definition) is 0. The average Bonchev–Trinajstić information content (AvgIpc) is 2.53. The van der Waals surface area contributed by atoms with E-state index in [9.17, 15) is 13.2 Å². The fourth-order valence-corrected chi connectivity index (χ4v) is 2.79. The highest BCUT2D eigenvalue weighted by Gasteiger charge is 2.64. The van der Waals surface area contributed by atoms with Crippen molar-refractivity contribution in [2.75, 3.05) is 0 Å². The van der Waals surface area contributed by atoms with Gasteiger partial charge in [-0.15, -0.1) is 0 Å². The first kappa shape index (κ1) is 9.10. The maximum atomic E-state index is 12.8. The Balaban J connectivity index is 2.39. The SMILES string of the molecule is CC1C2C=CC(C2)C1(C)C(F)(F)F. The molecule has 0 heterocycles. The smallest absolute Gasteiger partial charge is 0.170 e. The Morgan fingerprint density at radius 1 is 1.31 bits per heavy atom. The Hall–Kier alpha value is -0.470. The minimum absolute atomic E-state index is 0.150. The second-order valence-electron chi connectivity index (χ2n) is 4.46. The summed E-state index contributed by atoms with van der Waals surface area (Å²) in [6.45, 7) is 3.09. The van der Waals surface area contributed by atoms with Crippen LogP contribution in [0.25, 0.3) is 0 Å². The molecule has 0 aromatic heterocycles. The van der Waals surface area contributed by atoms with Gasteiger partial charge in [0.15, 0.2) is 0 Å². The van der Waals surface area contributed by atoms with E-state index < -0.39 is 11.6 Å². The summed E-state index contributed by atoms with van der Waals surface area (Å²) in [6, 6.07) is 0. The molecule has 0 aromatic carbocycles. The summed E-state index contributed by atoms with van der Waals surface area (Å²) in [5.74, 6) is -0.397. The molecule has 0 nitrogen and oxygen atoms in total. The Morgan fingerprint density at radius 3 is 2.23 bits per heavy atom. The van der Waals surface area contributed by atoms with Crippen LogP contribution in [0.3, 0.4) is 0 Å². The van der Waals surface area contributed by atoms with E-state index in [1.54, 1.807) is 13.0 Å². The van der Waals surface area contributed by atoms with Gasteiger partial charge in [-0.3, -0.25) is 0 Å². The zero-order valence-corrected chi connectivity index (χ0v) is 7.73. The predicted octanol–water partition coefficient (Wildman–Crippen LogP) is 3.40. The maximum Gasteiger partial charge on any atom is 0.395 e. The lowest BCUT2D eigenvalue weighted by Crippen LogP contribution is -2.43. The number of rotatable bonds is 0. The second kappa shape index (κ2) is 2.31. The Morgan fingerprint density at radius 2 is 1.92 bits per heavy atom. The van der Waals surface area contributed by atoms with Gasteiger partial charge in [0.25, 0.3) is 0 Å². The fraction of sp³-hybridized carbons (Fsp3) is 0.800. The predicted molar refractivity (Wildman–Crippen MR) is 44.1 cm³/mol. The van der Waals surface area contributed by atoms with Crippen molar-refractivity contribution in [3.63, 3.8) is 0 Å². The van der Waals surface area contributed by atoms with Crippen molar-refractivity contribution >= 4 is 0 Å². The summed E-state index contributed by atoms with van der Waals surface area (Å²) in [5, 5.41) is 0. The van der Waals surface area contributed by atoms with E-state index in [1.807, 2.05) is 6.08 Å². The molecule has 2 rings (SSSR count). The van der Waals surface area contributed by atoms with Gasteiger partial charge in [0.2, 0.25) is 0 Å². The standard InChI is InChI=1S/C10H13F3/c1-6-7-3-4-8(5-7)9(6,2)10(11,12)13/h3-4,6-8H,5H2,1-2H3.